The van der Waals surface area contributed by atoms with E-state index in [0.717, 1.165) is 6.22 Å². The van der Waals surface area contributed by atoms with E-state index in [9.17, 15) is 0 Å². The summed E-state index contributed by atoms with van der Waals surface area (Å²) in [6.07, 6.45) is 3.88. The molecular weight excluding hydrogens is 194 g/mol. The van der Waals surface area contributed by atoms with E-state index in [0.29, 0.717) is 0 Å². The van der Waals surface area contributed by atoms with Crippen LogP contribution in [0.15, 0.2) is 0 Å². The zero-order valence-corrected chi connectivity index (χ0v) is 6.45. The lowest BCUT2D eigenvalue weighted by Gasteiger charge is -1.78. The van der Waals surface area contributed by atoms with Crippen molar-refractivity contribution < 1.29 is 0 Å². The van der Waals surface area contributed by atoms with E-state index < -0.39 is 0 Å². The Morgan fingerprint density at radius 1 is 1.80 bits per heavy atom. The first-order valence-electron chi connectivity index (χ1n) is 1.75. The summed E-state index contributed by atoms with van der Waals surface area (Å²) in [7, 11) is 0. The van der Waals surface area contributed by atoms with Crippen molar-refractivity contribution in [2.45, 2.75) is 13.3 Å². The minimum Gasteiger partial charge on any atom is -0.0650 e. The van der Waals surface area contributed by atoms with Crippen LogP contribution in [0, 0.1) is 0 Å². The molecule has 0 amide bonds. The van der Waals surface area contributed by atoms with Crippen molar-refractivity contribution in [3.05, 3.63) is 0 Å². The van der Waals surface area contributed by atoms with Gasteiger partial charge in [0.15, 0.2) is 0 Å². The summed E-state index contributed by atoms with van der Waals surface area (Å²) in [4.78, 5) is 0. The molecule has 0 saturated carbocycles. The monoisotopic (exact) mass is 202 g/mol. The summed E-state index contributed by atoms with van der Waals surface area (Å²) >= 11 is 2.42. The highest BCUT2D eigenvalue weighted by molar-refractivity contribution is 14.2. The fourth-order valence-corrected chi connectivity index (χ4v) is 1.90. The lowest BCUT2D eigenvalue weighted by molar-refractivity contribution is 1.11. The van der Waals surface area contributed by atoms with E-state index in [2.05, 4.69) is 29.0 Å². The van der Waals surface area contributed by atoms with Crippen LogP contribution in [-0.2, 0) is 0 Å². The van der Waals surface area contributed by atoms with E-state index in [-0.39, 0.29) is 0 Å². The second-order valence-electron chi connectivity index (χ2n) is 0.884. The van der Waals surface area contributed by atoms with Gasteiger partial charge in [-0.05, 0) is 6.16 Å². The molecule has 0 aliphatic heterocycles. The smallest absolute Gasteiger partial charge is 0.0265 e. The van der Waals surface area contributed by atoms with Gasteiger partial charge in [0, 0.05) is 0 Å². The van der Waals surface area contributed by atoms with E-state index in [1.165, 1.54) is 12.6 Å². The zero-order chi connectivity index (χ0) is 4.12. The van der Waals surface area contributed by atoms with E-state index >= 15 is 0 Å². The Kier molecular flexibility index (Phi) is 6.36. The second-order valence-corrected chi connectivity index (χ2v) is 3.94. The van der Waals surface area contributed by atoms with Crippen LogP contribution in [-0.4, -0.2) is 6.16 Å². The average molecular weight is 202 g/mol. The largest absolute Gasteiger partial charge is 0.0650 e. The van der Waals surface area contributed by atoms with Gasteiger partial charge >= 0.3 is 0 Å². The van der Waals surface area contributed by atoms with Crippen molar-refractivity contribution in [1.29, 1.82) is 0 Å². The normalized spacial score (nSPS) is 10.8. The van der Waals surface area contributed by atoms with Crippen molar-refractivity contribution in [2.24, 2.45) is 0 Å². The predicted octanol–water partition coefficient (Wildman–Crippen LogP) is 2.42. The van der Waals surface area contributed by atoms with Crippen molar-refractivity contribution >= 4 is 28.3 Å². The van der Waals surface area contributed by atoms with Gasteiger partial charge in [0.25, 0.3) is 0 Å². The predicted molar refractivity (Wildman–Crippen MR) is 37.5 cm³/mol. The summed E-state index contributed by atoms with van der Waals surface area (Å²) in [5.41, 5.74) is 0. The fraction of sp³-hybridized carbons (Fsp3) is 1.00. The Bertz CT molecular complexity index is 14.4. The van der Waals surface area contributed by atoms with Crippen LogP contribution in [0.5, 0.6) is 0 Å². The van der Waals surface area contributed by atoms with Gasteiger partial charge in [0.05, 0.1) is 0 Å². The average Bonchev–Trinajstić information content (AvgIpc) is 1.41. The van der Waals surface area contributed by atoms with Crippen molar-refractivity contribution in [3.8, 4) is 0 Å². The third-order valence-electron chi connectivity index (χ3n) is 0.344. The first kappa shape index (κ1) is 6.16. The molecule has 0 bridgehead atoms. The molecule has 0 aliphatic carbocycles. The molecule has 1 atom stereocenters. The molecule has 0 radical (unpaired) electrons. The molecule has 2 heteroatoms. The molecule has 0 aromatic heterocycles. The van der Waals surface area contributed by atoms with Crippen molar-refractivity contribution in [1.82, 2.24) is 0 Å². The molecule has 1 unspecified atom stereocenters. The quantitative estimate of drug-likeness (QED) is 0.476. The standard InChI is InChI=1S/C3H8IP/c1-2-3-5-4/h5H,2-3H2,1H3. The molecule has 0 nitrogen and oxygen atoms in total. The van der Waals surface area contributed by atoms with Crippen molar-refractivity contribution in [3.63, 3.8) is 0 Å². The van der Waals surface area contributed by atoms with Gasteiger partial charge in [-0.15, -0.1) is 0 Å². The maximum Gasteiger partial charge on any atom is -0.0265 e. The minimum absolute atomic E-state index is 1.13. The van der Waals surface area contributed by atoms with Gasteiger partial charge in [-0.25, -0.2) is 0 Å². The summed E-state index contributed by atoms with van der Waals surface area (Å²) in [5.74, 6) is 0. The van der Waals surface area contributed by atoms with Crippen LogP contribution in [0.3, 0.4) is 0 Å². The van der Waals surface area contributed by atoms with Gasteiger partial charge in [0.2, 0.25) is 0 Å². The molecular formula is C3H8IP. The van der Waals surface area contributed by atoms with Crippen LogP contribution >= 0.6 is 28.3 Å². The molecule has 0 fully saturated rings. The number of rotatable bonds is 2. The summed E-state index contributed by atoms with van der Waals surface area (Å²) in [6.45, 7) is 2.21. The Balaban J connectivity index is 2.19. The number of halogens is 1. The van der Waals surface area contributed by atoms with E-state index in [4.69, 9.17) is 0 Å². The first-order valence-corrected chi connectivity index (χ1v) is 6.07. The maximum atomic E-state index is 2.42. The van der Waals surface area contributed by atoms with E-state index in [1.54, 1.807) is 0 Å². The topological polar surface area (TPSA) is 0 Å². The summed E-state index contributed by atoms with van der Waals surface area (Å²) in [6, 6.07) is 0. The van der Waals surface area contributed by atoms with Gasteiger partial charge in [-0.2, -0.15) is 0 Å². The Hall–Kier alpha value is 1.16. The third kappa shape index (κ3) is 5.16. The second kappa shape index (κ2) is 5.16. The van der Waals surface area contributed by atoms with E-state index in [1.807, 2.05) is 0 Å². The highest BCUT2D eigenvalue weighted by Gasteiger charge is 1.69. The molecule has 0 rings (SSSR count). The van der Waals surface area contributed by atoms with Crippen molar-refractivity contribution in [2.75, 3.05) is 6.16 Å². The summed E-state index contributed by atoms with van der Waals surface area (Å²) in [5, 5.41) is 0. The highest BCUT2D eigenvalue weighted by atomic mass is 127. The summed E-state index contributed by atoms with van der Waals surface area (Å²) < 4.78 is 0. The maximum absolute atomic E-state index is 2.42. The van der Waals surface area contributed by atoms with Crippen LogP contribution in [0.2, 0.25) is 0 Å². The molecule has 0 aliphatic rings. The molecule has 0 aromatic rings. The van der Waals surface area contributed by atoms with Gasteiger partial charge in [-0.1, -0.05) is 41.6 Å². The number of hydrogen-bond acceptors (Lipinski definition) is 0. The SMILES string of the molecule is CCCPI. The van der Waals surface area contributed by atoms with Gasteiger partial charge < -0.3 is 0 Å². The minimum atomic E-state index is 1.13. The van der Waals surface area contributed by atoms with Gasteiger partial charge in [-0.3, -0.25) is 0 Å². The van der Waals surface area contributed by atoms with Crippen LogP contribution in [0.25, 0.3) is 0 Å². The highest BCUT2D eigenvalue weighted by Crippen LogP contribution is 2.20. The Morgan fingerprint density at radius 3 is 2.40 bits per heavy atom. The molecule has 32 valence electrons. The fourth-order valence-electron chi connectivity index (χ4n) is 0.0945. The molecule has 0 saturated heterocycles. The Labute approximate surface area is 48.0 Å². The van der Waals surface area contributed by atoms with Crippen LogP contribution < -0.4 is 0 Å². The molecule has 5 heavy (non-hydrogen) atoms. The molecule has 0 spiro atoms. The lowest BCUT2D eigenvalue weighted by atomic mass is 10.6. The lowest BCUT2D eigenvalue weighted by Crippen LogP contribution is -1.57. The zero-order valence-electron chi connectivity index (χ0n) is 3.29. The van der Waals surface area contributed by atoms with Gasteiger partial charge in [0.1, 0.15) is 0 Å². The van der Waals surface area contributed by atoms with Crippen LogP contribution in [0.4, 0.5) is 0 Å². The number of hydrogen-bond donors (Lipinski definition) is 0. The molecule has 0 N–H and O–H groups in total. The van der Waals surface area contributed by atoms with Crippen LogP contribution in [0.1, 0.15) is 13.3 Å². The first-order chi connectivity index (χ1) is 2.41. The Morgan fingerprint density at radius 2 is 2.40 bits per heavy atom. The molecule has 0 heterocycles. The third-order valence-corrected chi connectivity index (χ3v) is 2.65. The molecule has 0 aromatic carbocycles.